The van der Waals surface area contributed by atoms with Crippen molar-refractivity contribution < 1.29 is 19.4 Å². The Morgan fingerprint density at radius 2 is 2.21 bits per heavy atom. The van der Waals surface area contributed by atoms with E-state index in [9.17, 15) is 4.79 Å². The van der Waals surface area contributed by atoms with Gasteiger partial charge in [0, 0.05) is 18.6 Å². The first-order chi connectivity index (χ1) is 9.24. The number of rotatable bonds is 6. The molecule has 4 heteroatoms. The predicted molar refractivity (Wildman–Crippen MR) is 71.7 cm³/mol. The molecule has 4 nitrogen and oxygen atoms in total. The van der Waals surface area contributed by atoms with Crippen LogP contribution >= 0.6 is 0 Å². The summed E-state index contributed by atoms with van der Waals surface area (Å²) in [7, 11) is 0. The van der Waals surface area contributed by atoms with Crippen molar-refractivity contribution in [1.29, 1.82) is 0 Å². The van der Waals surface area contributed by atoms with Crippen molar-refractivity contribution in [2.24, 2.45) is 5.92 Å². The van der Waals surface area contributed by atoms with E-state index < -0.39 is 5.97 Å². The van der Waals surface area contributed by atoms with Crippen LogP contribution in [0.3, 0.4) is 0 Å². The highest BCUT2D eigenvalue weighted by Gasteiger charge is 2.15. The second-order valence-electron chi connectivity index (χ2n) is 4.66. The summed E-state index contributed by atoms with van der Waals surface area (Å²) in [5, 5.41) is 8.53. The molecule has 1 aromatic carbocycles. The van der Waals surface area contributed by atoms with Crippen LogP contribution in [0.2, 0.25) is 0 Å². The monoisotopic (exact) mass is 262 g/mol. The summed E-state index contributed by atoms with van der Waals surface area (Å²) in [5.41, 5.74) is 1.96. The average Bonchev–Trinajstić information content (AvgIpc) is 2.91. The highest BCUT2D eigenvalue weighted by atomic mass is 16.5. The molecule has 0 spiro atoms. The normalized spacial score (nSPS) is 19.1. The molecule has 1 aromatic rings. The Kier molecular flexibility index (Phi) is 5.12. The molecule has 1 N–H and O–H groups in total. The van der Waals surface area contributed by atoms with E-state index in [-0.39, 0.29) is 0 Å². The molecular formula is C15H18O4. The zero-order valence-electron chi connectivity index (χ0n) is 10.7. The molecule has 1 fully saturated rings. The van der Waals surface area contributed by atoms with Crippen molar-refractivity contribution in [1.82, 2.24) is 0 Å². The Morgan fingerprint density at radius 3 is 2.84 bits per heavy atom. The van der Waals surface area contributed by atoms with Gasteiger partial charge < -0.3 is 14.6 Å². The van der Waals surface area contributed by atoms with E-state index in [2.05, 4.69) is 0 Å². The van der Waals surface area contributed by atoms with E-state index in [1.165, 1.54) is 0 Å². The fourth-order valence-electron chi connectivity index (χ4n) is 1.95. The summed E-state index contributed by atoms with van der Waals surface area (Å²) in [6, 6.07) is 7.67. The molecular weight excluding hydrogens is 244 g/mol. The number of carboxylic acids is 1. The zero-order chi connectivity index (χ0) is 13.5. The SMILES string of the molecule is O=C(O)/C=C/c1ccc(COCC2CCOC2)cc1. The molecule has 102 valence electrons. The number of ether oxygens (including phenoxy) is 2. The molecule has 2 rings (SSSR count). The molecule has 0 aliphatic carbocycles. The summed E-state index contributed by atoms with van der Waals surface area (Å²) in [6.07, 6.45) is 3.79. The lowest BCUT2D eigenvalue weighted by Crippen LogP contribution is -2.09. The van der Waals surface area contributed by atoms with E-state index >= 15 is 0 Å². The van der Waals surface area contributed by atoms with Gasteiger partial charge in [0.2, 0.25) is 0 Å². The number of hydrogen-bond acceptors (Lipinski definition) is 3. The van der Waals surface area contributed by atoms with Crippen LogP contribution in [-0.2, 0) is 20.9 Å². The first-order valence-electron chi connectivity index (χ1n) is 6.39. The van der Waals surface area contributed by atoms with Crippen molar-refractivity contribution in [3.05, 3.63) is 41.5 Å². The number of aliphatic carboxylic acids is 1. The van der Waals surface area contributed by atoms with Gasteiger partial charge in [0.1, 0.15) is 0 Å². The summed E-state index contributed by atoms with van der Waals surface area (Å²) < 4.78 is 10.9. The predicted octanol–water partition coefficient (Wildman–Crippen LogP) is 2.34. The van der Waals surface area contributed by atoms with Gasteiger partial charge >= 0.3 is 5.97 Å². The second-order valence-corrected chi connectivity index (χ2v) is 4.66. The van der Waals surface area contributed by atoms with Crippen LogP contribution in [0.25, 0.3) is 6.08 Å². The third-order valence-corrected chi connectivity index (χ3v) is 3.04. The van der Waals surface area contributed by atoms with E-state index in [1.807, 2.05) is 24.3 Å². The Hall–Kier alpha value is -1.65. The van der Waals surface area contributed by atoms with Gasteiger partial charge in [-0.3, -0.25) is 0 Å². The maximum absolute atomic E-state index is 10.4. The van der Waals surface area contributed by atoms with Gasteiger partial charge in [-0.25, -0.2) is 4.79 Å². The minimum absolute atomic E-state index is 0.526. The highest BCUT2D eigenvalue weighted by Crippen LogP contribution is 2.14. The van der Waals surface area contributed by atoms with Crippen LogP contribution < -0.4 is 0 Å². The fourth-order valence-corrected chi connectivity index (χ4v) is 1.95. The molecule has 1 saturated heterocycles. The van der Waals surface area contributed by atoms with Crippen molar-refractivity contribution in [3.63, 3.8) is 0 Å². The third-order valence-electron chi connectivity index (χ3n) is 3.04. The van der Waals surface area contributed by atoms with Crippen molar-refractivity contribution in [2.45, 2.75) is 13.0 Å². The minimum Gasteiger partial charge on any atom is -0.478 e. The molecule has 19 heavy (non-hydrogen) atoms. The summed E-state index contributed by atoms with van der Waals surface area (Å²) >= 11 is 0. The van der Waals surface area contributed by atoms with Crippen molar-refractivity contribution in [3.8, 4) is 0 Å². The van der Waals surface area contributed by atoms with Crippen molar-refractivity contribution >= 4 is 12.0 Å². The lowest BCUT2D eigenvalue weighted by Gasteiger charge is -2.08. The maximum atomic E-state index is 10.4. The Morgan fingerprint density at radius 1 is 1.42 bits per heavy atom. The molecule has 1 atom stereocenters. The lowest BCUT2D eigenvalue weighted by molar-refractivity contribution is -0.131. The number of carboxylic acid groups (broad SMARTS) is 1. The molecule has 0 aromatic heterocycles. The van der Waals surface area contributed by atoms with Crippen LogP contribution in [0, 0.1) is 5.92 Å². The molecule has 0 bridgehead atoms. The van der Waals surface area contributed by atoms with Gasteiger partial charge in [0.05, 0.1) is 19.8 Å². The summed E-state index contributed by atoms with van der Waals surface area (Å²) in [5.74, 6) is -0.413. The number of benzene rings is 1. The Labute approximate surface area is 112 Å². The molecule has 1 aliphatic heterocycles. The van der Waals surface area contributed by atoms with Gasteiger partial charge in [-0.15, -0.1) is 0 Å². The summed E-state index contributed by atoms with van der Waals surface area (Å²) in [4.78, 5) is 10.4. The van der Waals surface area contributed by atoms with Crippen LogP contribution in [0.1, 0.15) is 17.5 Å². The van der Waals surface area contributed by atoms with E-state index in [0.29, 0.717) is 12.5 Å². The Balaban J connectivity index is 1.76. The smallest absolute Gasteiger partial charge is 0.328 e. The van der Waals surface area contributed by atoms with Gasteiger partial charge in [-0.05, 0) is 23.6 Å². The third kappa shape index (κ3) is 4.85. The fraction of sp³-hybridized carbons (Fsp3) is 0.400. The molecule has 1 unspecified atom stereocenters. The zero-order valence-corrected chi connectivity index (χ0v) is 10.7. The number of hydrogen-bond donors (Lipinski definition) is 1. The number of carbonyl (C=O) groups is 1. The van der Waals surface area contributed by atoms with Crippen LogP contribution in [-0.4, -0.2) is 30.9 Å². The van der Waals surface area contributed by atoms with Crippen LogP contribution in [0.15, 0.2) is 30.3 Å². The first kappa shape index (κ1) is 13.8. The average molecular weight is 262 g/mol. The Bertz CT molecular complexity index is 430. The van der Waals surface area contributed by atoms with E-state index in [0.717, 1.165) is 43.4 Å². The molecule has 0 saturated carbocycles. The lowest BCUT2D eigenvalue weighted by atomic mass is 10.1. The van der Waals surface area contributed by atoms with Crippen LogP contribution in [0.5, 0.6) is 0 Å². The first-order valence-corrected chi connectivity index (χ1v) is 6.39. The van der Waals surface area contributed by atoms with Crippen LogP contribution in [0.4, 0.5) is 0 Å². The standard InChI is InChI=1S/C15H18O4/c16-15(17)6-5-12-1-3-13(4-2-12)9-19-11-14-7-8-18-10-14/h1-6,14H,7-11H2,(H,16,17)/b6-5+. The van der Waals surface area contributed by atoms with E-state index in [4.69, 9.17) is 14.6 Å². The topological polar surface area (TPSA) is 55.8 Å². The molecule has 0 radical (unpaired) electrons. The summed E-state index contributed by atoms with van der Waals surface area (Å²) in [6.45, 7) is 2.97. The van der Waals surface area contributed by atoms with Gasteiger partial charge in [-0.1, -0.05) is 24.3 Å². The van der Waals surface area contributed by atoms with Gasteiger partial charge in [0.15, 0.2) is 0 Å². The minimum atomic E-state index is -0.939. The quantitative estimate of drug-likeness (QED) is 0.799. The largest absolute Gasteiger partial charge is 0.478 e. The maximum Gasteiger partial charge on any atom is 0.328 e. The highest BCUT2D eigenvalue weighted by molar-refractivity contribution is 5.85. The molecule has 1 aliphatic rings. The molecule has 1 heterocycles. The molecule has 0 amide bonds. The van der Waals surface area contributed by atoms with Gasteiger partial charge in [0.25, 0.3) is 0 Å². The van der Waals surface area contributed by atoms with Crippen molar-refractivity contribution in [2.75, 3.05) is 19.8 Å². The van der Waals surface area contributed by atoms with Gasteiger partial charge in [-0.2, -0.15) is 0 Å². The second kappa shape index (κ2) is 7.07. The van der Waals surface area contributed by atoms with E-state index in [1.54, 1.807) is 6.08 Å².